The summed E-state index contributed by atoms with van der Waals surface area (Å²) < 4.78 is 16.6. The van der Waals surface area contributed by atoms with Gasteiger partial charge in [-0.15, -0.1) is 0 Å². The summed E-state index contributed by atoms with van der Waals surface area (Å²) >= 11 is 5.64. The number of ether oxygens (including phenoxy) is 2. The molecule has 1 aliphatic heterocycles. The van der Waals surface area contributed by atoms with Crippen LogP contribution in [0.15, 0.2) is 53.1 Å². The second kappa shape index (κ2) is 10.6. The summed E-state index contributed by atoms with van der Waals surface area (Å²) in [5, 5.41) is 18.7. The molecular formula is C24H25N5O6S. The van der Waals surface area contributed by atoms with Crippen LogP contribution in [-0.2, 0) is 23.2 Å². The van der Waals surface area contributed by atoms with Gasteiger partial charge in [-0.3, -0.25) is 14.5 Å². The fourth-order valence-corrected chi connectivity index (χ4v) is 4.22. The summed E-state index contributed by atoms with van der Waals surface area (Å²) in [6.07, 6.45) is -0.193. The molecule has 3 aromatic rings. The molecule has 0 radical (unpaired) electrons. The molecule has 1 aromatic heterocycles. The van der Waals surface area contributed by atoms with Gasteiger partial charge >= 0.3 is 0 Å². The van der Waals surface area contributed by atoms with E-state index in [1.165, 1.54) is 14.5 Å². The van der Waals surface area contributed by atoms with Gasteiger partial charge in [0.15, 0.2) is 18.1 Å². The molecule has 1 atom stereocenters. The van der Waals surface area contributed by atoms with E-state index in [0.29, 0.717) is 29.5 Å². The van der Waals surface area contributed by atoms with Crippen molar-refractivity contribution < 1.29 is 33.4 Å². The molecule has 1 aliphatic rings. The lowest BCUT2D eigenvalue weighted by Gasteiger charge is -2.22. The molecule has 188 valence electrons. The van der Waals surface area contributed by atoms with E-state index in [1.54, 1.807) is 62.7 Å². The zero-order valence-corrected chi connectivity index (χ0v) is 20.8. The van der Waals surface area contributed by atoms with Crippen LogP contribution < -0.4 is 29.5 Å². The number of carbonyl (C=O) groups is 2. The van der Waals surface area contributed by atoms with Crippen LogP contribution in [0.5, 0.6) is 17.4 Å². The van der Waals surface area contributed by atoms with Crippen molar-refractivity contribution in [3.8, 4) is 17.4 Å². The van der Waals surface area contributed by atoms with Crippen LogP contribution in [-0.4, -0.2) is 46.9 Å². The third-order valence-corrected chi connectivity index (χ3v) is 6.09. The number of aryl methyl sites for hydroxylation is 1. The van der Waals surface area contributed by atoms with Crippen molar-refractivity contribution in [2.45, 2.75) is 25.9 Å². The molecule has 12 heteroatoms. The monoisotopic (exact) mass is 511 g/mol. The van der Waals surface area contributed by atoms with Crippen molar-refractivity contribution in [2.75, 3.05) is 23.9 Å². The van der Waals surface area contributed by atoms with E-state index >= 15 is 0 Å². The number of thiocarbonyl (C=S) groups is 1. The molecule has 4 rings (SSSR count). The van der Waals surface area contributed by atoms with E-state index in [2.05, 4.69) is 10.6 Å². The fourth-order valence-electron chi connectivity index (χ4n) is 3.83. The van der Waals surface area contributed by atoms with Gasteiger partial charge in [-0.25, -0.2) is 0 Å². The van der Waals surface area contributed by atoms with Crippen LogP contribution in [0.4, 0.5) is 11.4 Å². The Labute approximate surface area is 212 Å². The fraction of sp³-hybridized carbons (Fsp3) is 0.292. The topological polar surface area (TPSA) is 124 Å². The lowest BCUT2D eigenvalue weighted by molar-refractivity contribution is -0.746. The Hall–Kier alpha value is -4.19. The number of methoxy groups -OCH3 is 1. The predicted octanol–water partition coefficient (Wildman–Crippen LogP) is 1.51. The number of nitrogens with one attached hydrogen (secondary N) is 1. The summed E-state index contributed by atoms with van der Waals surface area (Å²) in [5.41, 5.74) is 1.27. The number of hydrogen-bond donors (Lipinski definition) is 1. The summed E-state index contributed by atoms with van der Waals surface area (Å²) in [5.74, 6) is -0.124. The van der Waals surface area contributed by atoms with Gasteiger partial charge in [0.2, 0.25) is 5.91 Å². The normalized spacial score (nSPS) is 15.4. The van der Waals surface area contributed by atoms with Crippen LogP contribution in [0.1, 0.15) is 19.0 Å². The Balaban J connectivity index is 1.59. The summed E-state index contributed by atoms with van der Waals surface area (Å²) in [6.45, 7) is 2.33. The van der Waals surface area contributed by atoms with Crippen LogP contribution in [0, 0.1) is 0 Å². The van der Waals surface area contributed by atoms with Crippen LogP contribution in [0.3, 0.4) is 0 Å². The number of aromatic nitrogens is 2. The Kier molecular flexibility index (Phi) is 7.34. The third-order valence-electron chi connectivity index (χ3n) is 5.67. The van der Waals surface area contributed by atoms with E-state index < -0.39 is 17.9 Å². The van der Waals surface area contributed by atoms with E-state index in [-0.39, 0.29) is 29.7 Å². The van der Waals surface area contributed by atoms with Gasteiger partial charge in [-0.05, 0) is 67.7 Å². The highest BCUT2D eigenvalue weighted by molar-refractivity contribution is 7.80. The Morgan fingerprint density at radius 1 is 1.19 bits per heavy atom. The number of anilines is 2. The molecule has 0 saturated carbocycles. The molecule has 0 aliphatic carbocycles. The first-order chi connectivity index (χ1) is 17.3. The SMILES string of the molecule is CCOc1ccc(N2C(=O)C(CC(=O)Nc3ccc(OC)cc3)N(Cc3c([O-])on[n+]3C)C2=S)cc1. The minimum Gasteiger partial charge on any atom is -0.539 e. The number of rotatable bonds is 9. The van der Waals surface area contributed by atoms with Gasteiger partial charge in [0, 0.05) is 5.69 Å². The first-order valence-electron chi connectivity index (χ1n) is 11.2. The molecule has 36 heavy (non-hydrogen) atoms. The molecule has 11 nitrogen and oxygen atoms in total. The number of benzene rings is 2. The minimum atomic E-state index is -0.948. The molecule has 1 unspecified atom stereocenters. The largest absolute Gasteiger partial charge is 0.539 e. The van der Waals surface area contributed by atoms with Crippen molar-refractivity contribution >= 4 is 40.5 Å². The zero-order valence-electron chi connectivity index (χ0n) is 20.0. The second-order valence-electron chi connectivity index (χ2n) is 7.94. The molecule has 1 saturated heterocycles. The van der Waals surface area contributed by atoms with Crippen LogP contribution >= 0.6 is 12.2 Å². The van der Waals surface area contributed by atoms with Crippen molar-refractivity contribution in [1.29, 1.82) is 0 Å². The van der Waals surface area contributed by atoms with Gasteiger partial charge in [-0.2, -0.15) is 0 Å². The van der Waals surface area contributed by atoms with Gasteiger partial charge < -0.3 is 29.3 Å². The van der Waals surface area contributed by atoms with E-state index in [4.69, 9.17) is 26.2 Å². The maximum Gasteiger partial charge on any atom is 0.256 e. The van der Waals surface area contributed by atoms with Crippen molar-refractivity contribution in [2.24, 2.45) is 7.05 Å². The molecule has 1 N–H and O–H groups in total. The first kappa shape index (κ1) is 24.9. The van der Waals surface area contributed by atoms with Gasteiger partial charge in [-0.1, -0.05) is 4.68 Å². The quantitative estimate of drug-likeness (QED) is 0.336. The summed E-state index contributed by atoms with van der Waals surface area (Å²) in [4.78, 5) is 29.4. The summed E-state index contributed by atoms with van der Waals surface area (Å²) in [6, 6.07) is 12.8. The zero-order chi connectivity index (χ0) is 25.8. The minimum absolute atomic E-state index is 0.0581. The van der Waals surface area contributed by atoms with Gasteiger partial charge in [0.1, 0.15) is 24.1 Å². The van der Waals surface area contributed by atoms with Crippen LogP contribution in [0.25, 0.3) is 0 Å². The number of hydrogen-bond acceptors (Lipinski definition) is 8. The Morgan fingerprint density at radius 3 is 2.44 bits per heavy atom. The number of nitrogens with zero attached hydrogens (tertiary/aromatic N) is 4. The third kappa shape index (κ3) is 5.08. The lowest BCUT2D eigenvalue weighted by Crippen LogP contribution is -2.42. The molecule has 2 aromatic carbocycles. The van der Waals surface area contributed by atoms with Gasteiger partial charge in [0.05, 0.1) is 31.1 Å². The lowest BCUT2D eigenvalue weighted by atomic mass is 10.1. The average molecular weight is 512 g/mol. The van der Waals surface area contributed by atoms with Crippen molar-refractivity contribution in [3.63, 3.8) is 0 Å². The maximum absolute atomic E-state index is 13.6. The predicted molar refractivity (Wildman–Crippen MR) is 130 cm³/mol. The second-order valence-corrected chi connectivity index (χ2v) is 8.30. The van der Waals surface area contributed by atoms with E-state index in [1.807, 2.05) is 6.92 Å². The standard InChI is InChI=1S/C24H25N5O6S/c1-4-34-18-11-7-16(8-12-18)29-22(31)19(13-21(30)25-15-5-9-17(33-3)10-6-15)28(24(29)36)14-20-23(32)35-26-27(20)2/h5-12,19H,4,13-14H2,1-3H3,(H-,25,26,30,32). The smallest absolute Gasteiger partial charge is 0.256 e. The van der Waals surface area contributed by atoms with Crippen molar-refractivity contribution in [3.05, 3.63) is 54.2 Å². The molecule has 0 bridgehead atoms. The molecular weight excluding hydrogens is 486 g/mol. The number of carbonyl (C=O) groups excluding carboxylic acids is 2. The van der Waals surface area contributed by atoms with Crippen molar-refractivity contribution in [1.82, 2.24) is 10.2 Å². The maximum atomic E-state index is 13.6. The molecule has 1 fully saturated rings. The van der Waals surface area contributed by atoms with Crippen LogP contribution in [0.2, 0.25) is 0 Å². The Morgan fingerprint density at radius 2 is 1.86 bits per heavy atom. The molecule has 0 spiro atoms. The average Bonchev–Trinajstić information content (AvgIpc) is 3.30. The highest BCUT2D eigenvalue weighted by Gasteiger charge is 2.45. The highest BCUT2D eigenvalue weighted by Crippen LogP contribution is 2.30. The molecule has 2 heterocycles. The van der Waals surface area contributed by atoms with E-state index in [0.717, 1.165) is 0 Å². The van der Waals surface area contributed by atoms with Gasteiger partial charge in [0.25, 0.3) is 11.6 Å². The first-order valence-corrected chi connectivity index (χ1v) is 11.6. The molecule has 2 amide bonds. The number of amides is 2. The highest BCUT2D eigenvalue weighted by atomic mass is 32.1. The van der Waals surface area contributed by atoms with E-state index in [9.17, 15) is 14.7 Å². The Bertz CT molecular complexity index is 1240. The summed E-state index contributed by atoms with van der Waals surface area (Å²) in [7, 11) is 3.10.